The third-order valence-corrected chi connectivity index (χ3v) is 6.49. The lowest BCUT2D eigenvalue weighted by molar-refractivity contribution is -0.144. The van der Waals surface area contributed by atoms with E-state index in [4.69, 9.17) is 4.74 Å². The van der Waals surface area contributed by atoms with Gasteiger partial charge in [-0.2, -0.15) is 13.2 Å². The number of hydrogen-bond donors (Lipinski definition) is 1. The first-order valence-electron chi connectivity index (χ1n) is 12.2. The summed E-state index contributed by atoms with van der Waals surface area (Å²) in [5.74, 6) is -2.47. The van der Waals surface area contributed by atoms with E-state index in [0.29, 0.717) is 5.92 Å². The number of benzene rings is 1. The van der Waals surface area contributed by atoms with Crippen LogP contribution in [-0.4, -0.2) is 52.2 Å². The van der Waals surface area contributed by atoms with Gasteiger partial charge in [0, 0.05) is 24.5 Å². The molecule has 0 spiro atoms. The second kappa shape index (κ2) is 9.73. The lowest BCUT2D eigenvalue weighted by atomic mass is 10.1. The van der Waals surface area contributed by atoms with Crippen LogP contribution in [0.2, 0.25) is 0 Å². The molecule has 4 heterocycles. The van der Waals surface area contributed by atoms with Crippen molar-refractivity contribution in [2.24, 2.45) is 0 Å². The second-order valence-corrected chi connectivity index (χ2v) is 9.31. The molecule has 40 heavy (non-hydrogen) atoms. The van der Waals surface area contributed by atoms with Gasteiger partial charge in [0.1, 0.15) is 12.0 Å². The van der Waals surface area contributed by atoms with Gasteiger partial charge < -0.3 is 14.5 Å². The standard InChI is InChI=1S/C25H21F4N9O2/c1-40-20-6-5-19(38-13-31-24(34-38)25(27,28)29)17(22(20)26)8-30-23(39)18-12-37(35-33-18)11-16-10-36-9-15(14-2-3-14)4-7-21(36)32-16/h4-7,9-10,12-14H,2-3,8,11H2,1H3,(H,30,39). The van der Waals surface area contributed by atoms with Gasteiger partial charge in [-0.05, 0) is 42.5 Å². The third kappa shape index (κ3) is 4.97. The van der Waals surface area contributed by atoms with Crippen molar-refractivity contribution in [3.63, 3.8) is 0 Å². The van der Waals surface area contributed by atoms with Crippen molar-refractivity contribution < 1.29 is 27.1 Å². The Labute approximate surface area is 223 Å². The van der Waals surface area contributed by atoms with E-state index in [1.807, 2.05) is 16.7 Å². The molecule has 5 aromatic rings. The van der Waals surface area contributed by atoms with Gasteiger partial charge in [0.2, 0.25) is 0 Å². The first-order valence-corrected chi connectivity index (χ1v) is 12.2. The normalized spacial score (nSPS) is 13.6. The molecule has 0 bridgehead atoms. The third-order valence-electron chi connectivity index (χ3n) is 6.49. The molecule has 6 rings (SSSR count). The summed E-state index contributed by atoms with van der Waals surface area (Å²) in [7, 11) is 1.24. The Kier molecular flexibility index (Phi) is 6.19. The van der Waals surface area contributed by atoms with Crippen LogP contribution in [0.3, 0.4) is 0 Å². The number of methoxy groups -OCH3 is 1. The molecule has 1 saturated carbocycles. The zero-order chi connectivity index (χ0) is 28.0. The lowest BCUT2D eigenvalue weighted by Crippen LogP contribution is -2.25. The van der Waals surface area contributed by atoms with Crippen LogP contribution >= 0.6 is 0 Å². The molecule has 1 amide bonds. The molecule has 1 aliphatic carbocycles. The summed E-state index contributed by atoms with van der Waals surface area (Å²) >= 11 is 0. The van der Waals surface area contributed by atoms with Gasteiger partial charge in [-0.25, -0.2) is 23.7 Å². The maximum Gasteiger partial charge on any atom is 0.453 e. The number of nitrogens with one attached hydrogen (secondary N) is 1. The minimum atomic E-state index is -4.78. The van der Waals surface area contributed by atoms with Gasteiger partial charge in [-0.3, -0.25) is 4.79 Å². The van der Waals surface area contributed by atoms with Crippen molar-refractivity contribution in [1.29, 1.82) is 0 Å². The number of alkyl halides is 3. The fourth-order valence-corrected chi connectivity index (χ4v) is 4.34. The Balaban J connectivity index is 1.17. The summed E-state index contributed by atoms with van der Waals surface area (Å²) in [4.78, 5) is 20.6. The molecule has 15 heteroatoms. The quantitative estimate of drug-likeness (QED) is 0.291. The van der Waals surface area contributed by atoms with E-state index in [0.717, 1.165) is 22.4 Å². The highest BCUT2D eigenvalue weighted by molar-refractivity contribution is 5.91. The summed E-state index contributed by atoms with van der Waals surface area (Å²) in [6.45, 7) is -0.135. The molecule has 206 valence electrons. The van der Waals surface area contributed by atoms with E-state index in [2.05, 4.69) is 43.0 Å². The Bertz CT molecular complexity index is 1720. The lowest BCUT2D eigenvalue weighted by Gasteiger charge is -2.13. The number of fused-ring (bicyclic) bond motifs is 1. The van der Waals surface area contributed by atoms with Gasteiger partial charge in [0.15, 0.2) is 17.3 Å². The number of hydrogen-bond acceptors (Lipinski definition) is 7. The molecule has 11 nitrogen and oxygen atoms in total. The summed E-state index contributed by atoms with van der Waals surface area (Å²) < 4.78 is 63.3. The molecular weight excluding hydrogens is 534 g/mol. The van der Waals surface area contributed by atoms with E-state index in [1.165, 1.54) is 48.5 Å². The van der Waals surface area contributed by atoms with Gasteiger partial charge in [-0.1, -0.05) is 11.3 Å². The summed E-state index contributed by atoms with van der Waals surface area (Å²) in [6, 6.07) is 6.60. The van der Waals surface area contributed by atoms with Crippen LogP contribution in [0, 0.1) is 5.82 Å². The number of rotatable bonds is 8. The van der Waals surface area contributed by atoms with Gasteiger partial charge in [-0.15, -0.1) is 10.2 Å². The van der Waals surface area contributed by atoms with Crippen molar-refractivity contribution in [2.45, 2.75) is 38.0 Å². The molecule has 0 unspecified atom stereocenters. The van der Waals surface area contributed by atoms with E-state index >= 15 is 4.39 Å². The number of carbonyl (C=O) groups excluding carboxylic acids is 1. The first kappa shape index (κ1) is 25.5. The van der Waals surface area contributed by atoms with Crippen LogP contribution in [0.1, 0.15) is 51.9 Å². The van der Waals surface area contributed by atoms with Crippen molar-refractivity contribution in [2.75, 3.05) is 7.11 Å². The Morgan fingerprint density at radius 2 is 1.98 bits per heavy atom. The van der Waals surface area contributed by atoms with Crippen LogP contribution < -0.4 is 10.1 Å². The van der Waals surface area contributed by atoms with Crippen LogP contribution in [0.25, 0.3) is 11.3 Å². The van der Waals surface area contributed by atoms with Crippen LogP contribution in [0.5, 0.6) is 5.75 Å². The number of imidazole rings is 1. The van der Waals surface area contributed by atoms with Gasteiger partial charge in [0.25, 0.3) is 11.7 Å². The highest BCUT2D eigenvalue weighted by Crippen LogP contribution is 2.39. The largest absolute Gasteiger partial charge is 0.494 e. The number of aromatic nitrogens is 8. The van der Waals surface area contributed by atoms with Crippen LogP contribution in [-0.2, 0) is 19.3 Å². The van der Waals surface area contributed by atoms with Crippen molar-refractivity contribution in [3.8, 4) is 11.4 Å². The monoisotopic (exact) mass is 555 g/mol. The fraction of sp³-hybridized carbons (Fsp3) is 0.280. The average Bonchev–Trinajstić information content (AvgIpc) is 3.29. The first-order chi connectivity index (χ1) is 19.2. The predicted molar refractivity (Wildman–Crippen MR) is 130 cm³/mol. The molecule has 1 aromatic carbocycles. The van der Waals surface area contributed by atoms with E-state index < -0.39 is 30.3 Å². The Hall–Kier alpha value is -4.82. The number of halogens is 4. The molecule has 0 atom stereocenters. The summed E-state index contributed by atoms with van der Waals surface area (Å²) in [5.41, 5.74) is 2.54. The second-order valence-electron chi connectivity index (χ2n) is 9.31. The zero-order valence-electron chi connectivity index (χ0n) is 20.9. The molecule has 0 saturated heterocycles. The van der Waals surface area contributed by atoms with Crippen molar-refractivity contribution in [3.05, 3.63) is 83.3 Å². The average molecular weight is 555 g/mol. The maximum absolute atomic E-state index is 15.1. The molecule has 0 radical (unpaired) electrons. The van der Waals surface area contributed by atoms with Gasteiger partial charge in [0.05, 0.1) is 31.2 Å². The van der Waals surface area contributed by atoms with E-state index in [1.54, 1.807) is 0 Å². The molecular formula is C25H21F4N9O2. The minimum Gasteiger partial charge on any atom is -0.494 e. The van der Waals surface area contributed by atoms with Crippen molar-refractivity contribution in [1.82, 2.24) is 44.5 Å². The molecule has 1 fully saturated rings. The Morgan fingerprint density at radius 1 is 1.15 bits per heavy atom. The number of pyridine rings is 1. The van der Waals surface area contributed by atoms with Crippen LogP contribution in [0.15, 0.2) is 49.2 Å². The SMILES string of the molecule is COc1ccc(-n2cnc(C(F)(F)F)n2)c(CNC(=O)c2cn(Cc3cn4cc(C5CC5)ccc4n3)nn2)c1F. The fourth-order valence-electron chi connectivity index (χ4n) is 4.34. The summed E-state index contributed by atoms with van der Waals surface area (Å²) in [5, 5.41) is 13.8. The van der Waals surface area contributed by atoms with Gasteiger partial charge >= 0.3 is 6.18 Å². The van der Waals surface area contributed by atoms with Crippen LogP contribution in [0.4, 0.5) is 17.6 Å². The smallest absolute Gasteiger partial charge is 0.453 e. The number of ether oxygens (including phenoxy) is 1. The number of carbonyl (C=O) groups is 1. The highest BCUT2D eigenvalue weighted by Gasteiger charge is 2.36. The van der Waals surface area contributed by atoms with E-state index in [9.17, 15) is 18.0 Å². The predicted octanol–water partition coefficient (Wildman–Crippen LogP) is 3.53. The minimum absolute atomic E-state index is 0.0373. The molecule has 4 aromatic heterocycles. The molecule has 0 aliphatic heterocycles. The number of nitrogens with zero attached hydrogens (tertiary/aromatic N) is 8. The maximum atomic E-state index is 15.1. The molecule has 1 N–H and O–H groups in total. The highest BCUT2D eigenvalue weighted by atomic mass is 19.4. The topological polar surface area (TPSA) is 117 Å². The Morgan fingerprint density at radius 3 is 2.70 bits per heavy atom. The van der Waals surface area contributed by atoms with E-state index in [-0.39, 0.29) is 29.2 Å². The molecule has 1 aliphatic rings. The zero-order valence-corrected chi connectivity index (χ0v) is 20.9. The number of amides is 1. The van der Waals surface area contributed by atoms with Crippen molar-refractivity contribution >= 4 is 11.6 Å². The summed E-state index contributed by atoms with van der Waals surface area (Å²) in [6.07, 6.45) is 3.81.